The molecule has 0 radical (unpaired) electrons. The van der Waals surface area contributed by atoms with Crippen molar-refractivity contribution in [3.8, 4) is 0 Å². The average Bonchev–Trinajstić information content (AvgIpc) is 2.63. The molecule has 1 heterocycles. The van der Waals surface area contributed by atoms with Crippen LogP contribution in [0, 0.1) is 0 Å². The molecule has 0 aliphatic rings. The van der Waals surface area contributed by atoms with Gasteiger partial charge in [-0.2, -0.15) is 13.2 Å². The van der Waals surface area contributed by atoms with Gasteiger partial charge in [0.25, 0.3) is 0 Å². The van der Waals surface area contributed by atoms with Gasteiger partial charge in [0.2, 0.25) is 0 Å². The van der Waals surface area contributed by atoms with Crippen LogP contribution < -0.4 is 5.32 Å². The summed E-state index contributed by atoms with van der Waals surface area (Å²) in [6.07, 6.45) is -3.66. The first-order chi connectivity index (χ1) is 9.58. The highest BCUT2D eigenvalue weighted by Crippen LogP contribution is 2.31. The van der Waals surface area contributed by atoms with E-state index in [1.165, 1.54) is 6.07 Å². The third-order valence-electron chi connectivity index (χ3n) is 3.30. The molecule has 0 atom stereocenters. The van der Waals surface area contributed by atoms with Crippen LogP contribution >= 0.6 is 0 Å². The van der Waals surface area contributed by atoms with Crippen molar-refractivity contribution in [2.24, 2.45) is 7.05 Å². The average molecular weight is 299 g/mol. The van der Waals surface area contributed by atoms with E-state index in [0.717, 1.165) is 24.5 Å². The summed E-state index contributed by atoms with van der Waals surface area (Å²) >= 11 is 0. The molecule has 2 aromatic rings. The molecular weight excluding hydrogens is 279 g/mol. The van der Waals surface area contributed by atoms with Crippen LogP contribution in [0.3, 0.4) is 0 Å². The molecule has 1 N–H and O–H groups in total. The third-order valence-corrected chi connectivity index (χ3v) is 3.30. The van der Waals surface area contributed by atoms with Crippen molar-refractivity contribution >= 4 is 11.0 Å². The molecule has 0 aliphatic carbocycles. The monoisotopic (exact) mass is 299 g/mol. The van der Waals surface area contributed by atoms with Gasteiger partial charge in [-0.3, -0.25) is 0 Å². The van der Waals surface area contributed by atoms with Crippen LogP contribution in [0.25, 0.3) is 11.0 Å². The highest BCUT2D eigenvalue weighted by Gasteiger charge is 2.30. The lowest BCUT2D eigenvalue weighted by Gasteiger charge is -2.20. The molecule has 0 aliphatic heterocycles. The van der Waals surface area contributed by atoms with Crippen molar-refractivity contribution in [3.63, 3.8) is 0 Å². The number of nitrogens with zero attached hydrogens (tertiary/aromatic N) is 2. The molecule has 1 aromatic carbocycles. The Hall–Kier alpha value is -1.56. The van der Waals surface area contributed by atoms with Crippen LogP contribution in [0.2, 0.25) is 0 Å². The van der Waals surface area contributed by atoms with E-state index < -0.39 is 11.7 Å². The number of rotatable bonds is 3. The number of halogens is 3. The number of imidazole rings is 1. The molecule has 116 valence electrons. The molecule has 0 saturated carbocycles. The molecule has 21 heavy (non-hydrogen) atoms. The van der Waals surface area contributed by atoms with E-state index in [-0.39, 0.29) is 5.54 Å². The van der Waals surface area contributed by atoms with Gasteiger partial charge in [-0.05, 0) is 39.0 Å². The number of aryl methyl sites for hydroxylation is 1. The van der Waals surface area contributed by atoms with Crippen LogP contribution in [0.15, 0.2) is 18.2 Å². The quantitative estimate of drug-likeness (QED) is 0.939. The Labute approximate surface area is 122 Å². The van der Waals surface area contributed by atoms with Gasteiger partial charge in [-0.25, -0.2) is 4.98 Å². The Balaban J connectivity index is 2.24. The van der Waals surface area contributed by atoms with Crippen LogP contribution in [-0.4, -0.2) is 21.6 Å². The van der Waals surface area contributed by atoms with Gasteiger partial charge >= 0.3 is 6.18 Å². The number of benzene rings is 1. The molecule has 0 bridgehead atoms. The predicted octanol–water partition coefficient (Wildman–Crippen LogP) is 3.52. The van der Waals surface area contributed by atoms with Gasteiger partial charge in [-0.1, -0.05) is 0 Å². The highest BCUT2D eigenvalue weighted by molar-refractivity contribution is 5.77. The second kappa shape index (κ2) is 5.33. The Morgan fingerprint density at radius 2 is 1.86 bits per heavy atom. The SMILES string of the molecule is Cn1c(CCNC(C)(C)C)nc2cc(C(F)(F)F)ccc21. The van der Waals surface area contributed by atoms with Gasteiger partial charge in [0, 0.05) is 25.6 Å². The molecule has 6 heteroatoms. The van der Waals surface area contributed by atoms with Crippen molar-refractivity contribution in [3.05, 3.63) is 29.6 Å². The summed E-state index contributed by atoms with van der Waals surface area (Å²) in [6.45, 7) is 6.93. The summed E-state index contributed by atoms with van der Waals surface area (Å²) in [5.74, 6) is 0.779. The summed E-state index contributed by atoms with van der Waals surface area (Å²) in [5.41, 5.74) is 0.452. The Bertz CT molecular complexity index is 636. The molecule has 1 aromatic heterocycles. The molecule has 3 nitrogen and oxygen atoms in total. The van der Waals surface area contributed by atoms with E-state index >= 15 is 0 Å². The second-order valence-corrected chi connectivity index (χ2v) is 6.22. The van der Waals surface area contributed by atoms with Crippen LogP contribution in [0.4, 0.5) is 13.2 Å². The van der Waals surface area contributed by atoms with E-state index in [1.54, 1.807) is 0 Å². The van der Waals surface area contributed by atoms with E-state index in [0.29, 0.717) is 17.5 Å². The first kappa shape index (κ1) is 15.8. The first-order valence-electron chi connectivity index (χ1n) is 6.85. The van der Waals surface area contributed by atoms with Crippen LogP contribution in [0.5, 0.6) is 0 Å². The Morgan fingerprint density at radius 3 is 2.43 bits per heavy atom. The van der Waals surface area contributed by atoms with E-state index in [2.05, 4.69) is 31.1 Å². The standard InChI is InChI=1S/C15H20F3N3/c1-14(2,3)19-8-7-13-20-11-9-10(15(16,17)18)5-6-12(11)21(13)4/h5-6,9,19H,7-8H2,1-4H3. The topological polar surface area (TPSA) is 29.9 Å². The zero-order chi connectivity index (χ0) is 15.8. The molecule has 2 rings (SSSR count). The predicted molar refractivity (Wildman–Crippen MR) is 77.2 cm³/mol. The van der Waals surface area contributed by atoms with E-state index in [9.17, 15) is 13.2 Å². The van der Waals surface area contributed by atoms with Gasteiger partial charge in [0.05, 0.1) is 16.6 Å². The van der Waals surface area contributed by atoms with E-state index in [4.69, 9.17) is 0 Å². The molecule has 0 amide bonds. The van der Waals surface area contributed by atoms with Crippen LogP contribution in [-0.2, 0) is 19.6 Å². The molecule has 0 spiro atoms. The maximum Gasteiger partial charge on any atom is 0.416 e. The molecular formula is C15H20F3N3. The van der Waals surface area contributed by atoms with Crippen molar-refractivity contribution in [2.75, 3.05) is 6.54 Å². The summed E-state index contributed by atoms with van der Waals surface area (Å²) in [7, 11) is 1.83. The minimum Gasteiger partial charge on any atom is -0.331 e. The van der Waals surface area contributed by atoms with E-state index in [1.807, 2.05) is 11.6 Å². The number of aromatic nitrogens is 2. The van der Waals surface area contributed by atoms with Crippen molar-refractivity contribution in [1.29, 1.82) is 0 Å². The summed E-state index contributed by atoms with van der Waals surface area (Å²) in [4.78, 5) is 4.33. The van der Waals surface area contributed by atoms with Crippen molar-refractivity contribution in [2.45, 2.75) is 38.9 Å². The largest absolute Gasteiger partial charge is 0.416 e. The maximum atomic E-state index is 12.7. The van der Waals surface area contributed by atoms with Gasteiger partial charge in [-0.15, -0.1) is 0 Å². The number of nitrogens with one attached hydrogen (secondary N) is 1. The summed E-state index contributed by atoms with van der Waals surface area (Å²) in [6, 6.07) is 3.68. The Morgan fingerprint density at radius 1 is 1.19 bits per heavy atom. The smallest absolute Gasteiger partial charge is 0.331 e. The van der Waals surface area contributed by atoms with Gasteiger partial charge in [0.15, 0.2) is 0 Å². The van der Waals surface area contributed by atoms with Gasteiger partial charge < -0.3 is 9.88 Å². The highest BCUT2D eigenvalue weighted by atomic mass is 19.4. The lowest BCUT2D eigenvalue weighted by Crippen LogP contribution is -2.37. The lowest BCUT2D eigenvalue weighted by atomic mass is 10.1. The Kier molecular flexibility index (Phi) is 4.02. The molecule has 0 fully saturated rings. The summed E-state index contributed by atoms with van der Waals surface area (Å²) in [5, 5.41) is 3.34. The minimum atomic E-state index is -4.33. The van der Waals surface area contributed by atoms with Gasteiger partial charge in [0.1, 0.15) is 5.82 Å². The molecule has 0 unspecified atom stereocenters. The fourth-order valence-electron chi connectivity index (χ4n) is 2.20. The first-order valence-corrected chi connectivity index (χ1v) is 6.85. The zero-order valence-corrected chi connectivity index (χ0v) is 12.7. The fraction of sp³-hybridized carbons (Fsp3) is 0.533. The number of alkyl halides is 3. The number of fused-ring (bicyclic) bond motifs is 1. The number of hydrogen-bond donors (Lipinski definition) is 1. The summed E-state index contributed by atoms with van der Waals surface area (Å²) < 4.78 is 40.0. The van der Waals surface area contributed by atoms with Crippen molar-refractivity contribution < 1.29 is 13.2 Å². The maximum absolute atomic E-state index is 12.7. The van der Waals surface area contributed by atoms with Crippen LogP contribution in [0.1, 0.15) is 32.2 Å². The second-order valence-electron chi connectivity index (χ2n) is 6.22. The van der Waals surface area contributed by atoms with Crippen molar-refractivity contribution in [1.82, 2.24) is 14.9 Å². The molecule has 0 saturated heterocycles. The number of hydrogen-bond acceptors (Lipinski definition) is 2. The zero-order valence-electron chi connectivity index (χ0n) is 12.7. The lowest BCUT2D eigenvalue weighted by molar-refractivity contribution is -0.137. The fourth-order valence-corrected chi connectivity index (χ4v) is 2.20. The normalized spacial score (nSPS) is 13.1. The minimum absolute atomic E-state index is 0.00798. The third kappa shape index (κ3) is 3.75.